The molecule has 2 aromatic rings. The van der Waals surface area contributed by atoms with E-state index in [-0.39, 0.29) is 6.04 Å². The molecule has 0 aliphatic heterocycles. The van der Waals surface area contributed by atoms with Crippen LogP contribution < -0.4 is 5.32 Å². The van der Waals surface area contributed by atoms with E-state index in [0.29, 0.717) is 10.6 Å². The minimum absolute atomic E-state index is 0.154. The highest BCUT2D eigenvalue weighted by atomic mass is 79.9. The van der Waals surface area contributed by atoms with Crippen LogP contribution in [0.5, 0.6) is 0 Å². The molecule has 0 radical (unpaired) electrons. The molecule has 0 fully saturated rings. The van der Waals surface area contributed by atoms with E-state index in [0.717, 1.165) is 15.7 Å². The van der Waals surface area contributed by atoms with Crippen LogP contribution in [-0.2, 0) is 0 Å². The topological polar surface area (TPSA) is 35.8 Å². The van der Waals surface area contributed by atoms with Crippen molar-refractivity contribution in [3.8, 4) is 6.07 Å². The maximum absolute atomic E-state index is 8.78. The zero-order valence-electron chi connectivity index (χ0n) is 10.3. The summed E-state index contributed by atoms with van der Waals surface area (Å²) >= 11 is 9.37. The van der Waals surface area contributed by atoms with Crippen LogP contribution in [0.4, 0.5) is 5.69 Å². The Morgan fingerprint density at radius 1 is 1.21 bits per heavy atom. The van der Waals surface area contributed by atoms with Gasteiger partial charge < -0.3 is 5.32 Å². The van der Waals surface area contributed by atoms with Crippen LogP contribution in [-0.4, -0.2) is 0 Å². The van der Waals surface area contributed by atoms with Crippen LogP contribution in [0.25, 0.3) is 0 Å². The molecule has 2 aromatic carbocycles. The van der Waals surface area contributed by atoms with Gasteiger partial charge in [-0.2, -0.15) is 5.26 Å². The van der Waals surface area contributed by atoms with Gasteiger partial charge in [0.05, 0.1) is 16.7 Å². The lowest BCUT2D eigenvalue weighted by atomic mass is 10.1. The fourth-order valence-corrected chi connectivity index (χ4v) is 2.26. The summed E-state index contributed by atoms with van der Waals surface area (Å²) in [7, 11) is 0. The quantitative estimate of drug-likeness (QED) is 0.842. The van der Waals surface area contributed by atoms with Crippen molar-refractivity contribution < 1.29 is 0 Å². The minimum atomic E-state index is 0.154. The van der Waals surface area contributed by atoms with E-state index in [9.17, 15) is 0 Å². The predicted molar refractivity (Wildman–Crippen MR) is 82.3 cm³/mol. The lowest BCUT2D eigenvalue weighted by Crippen LogP contribution is -2.06. The zero-order chi connectivity index (χ0) is 13.8. The number of rotatable bonds is 3. The van der Waals surface area contributed by atoms with Crippen molar-refractivity contribution in [3.05, 3.63) is 63.1 Å². The third kappa shape index (κ3) is 3.50. The van der Waals surface area contributed by atoms with Crippen LogP contribution in [0, 0.1) is 11.3 Å². The van der Waals surface area contributed by atoms with Gasteiger partial charge in [0.15, 0.2) is 0 Å². The highest BCUT2D eigenvalue weighted by Crippen LogP contribution is 2.27. The Kier molecular flexibility index (Phi) is 4.47. The monoisotopic (exact) mass is 334 g/mol. The lowest BCUT2D eigenvalue weighted by Gasteiger charge is -2.16. The molecular formula is C15H12BrClN2. The highest BCUT2D eigenvalue weighted by Gasteiger charge is 2.06. The first-order valence-electron chi connectivity index (χ1n) is 5.82. The molecule has 0 saturated heterocycles. The number of benzene rings is 2. The molecule has 0 bridgehead atoms. The van der Waals surface area contributed by atoms with E-state index in [1.807, 2.05) is 42.5 Å². The second-order valence-electron chi connectivity index (χ2n) is 4.23. The Bertz CT molecular complexity index is 617. The molecule has 19 heavy (non-hydrogen) atoms. The van der Waals surface area contributed by atoms with Crippen molar-refractivity contribution >= 4 is 33.2 Å². The summed E-state index contributed by atoms with van der Waals surface area (Å²) in [6, 6.07) is 15.6. The third-order valence-electron chi connectivity index (χ3n) is 2.84. The van der Waals surface area contributed by atoms with Gasteiger partial charge in [-0.15, -0.1) is 0 Å². The molecule has 2 nitrogen and oxygen atoms in total. The fraction of sp³-hybridized carbons (Fsp3) is 0.133. The van der Waals surface area contributed by atoms with Crippen LogP contribution >= 0.6 is 27.5 Å². The van der Waals surface area contributed by atoms with E-state index in [2.05, 4.69) is 34.2 Å². The maximum atomic E-state index is 8.78. The Balaban J connectivity index is 2.13. The second kappa shape index (κ2) is 6.10. The van der Waals surface area contributed by atoms with Crippen LogP contribution in [0.1, 0.15) is 24.1 Å². The van der Waals surface area contributed by atoms with Gasteiger partial charge in [0.25, 0.3) is 0 Å². The number of hydrogen-bond acceptors (Lipinski definition) is 2. The van der Waals surface area contributed by atoms with Crippen molar-refractivity contribution in [2.24, 2.45) is 0 Å². The molecule has 0 aliphatic rings. The molecule has 0 spiro atoms. The van der Waals surface area contributed by atoms with Crippen molar-refractivity contribution in [2.45, 2.75) is 13.0 Å². The summed E-state index contributed by atoms with van der Waals surface area (Å²) in [5.41, 5.74) is 2.79. The van der Waals surface area contributed by atoms with Crippen LogP contribution in [0.3, 0.4) is 0 Å². The van der Waals surface area contributed by atoms with Crippen molar-refractivity contribution in [1.29, 1.82) is 5.26 Å². The normalized spacial score (nSPS) is 11.7. The number of halogens is 2. The molecule has 1 unspecified atom stereocenters. The van der Waals surface area contributed by atoms with Gasteiger partial charge in [-0.05, 0) is 58.7 Å². The predicted octanol–water partition coefficient (Wildman–Crippen LogP) is 5.15. The number of nitriles is 1. The van der Waals surface area contributed by atoms with Crippen LogP contribution in [0.2, 0.25) is 5.02 Å². The molecule has 0 aliphatic carbocycles. The van der Waals surface area contributed by atoms with Gasteiger partial charge in [-0.25, -0.2) is 0 Å². The second-order valence-corrected chi connectivity index (χ2v) is 5.49. The average Bonchev–Trinajstić information content (AvgIpc) is 2.43. The van der Waals surface area contributed by atoms with Gasteiger partial charge in [-0.3, -0.25) is 0 Å². The number of nitrogens with one attached hydrogen (secondary N) is 1. The Labute approximate surface area is 126 Å². The number of nitrogens with zero attached hydrogens (tertiary/aromatic N) is 1. The van der Waals surface area contributed by atoms with Gasteiger partial charge in [-0.1, -0.05) is 23.7 Å². The first-order valence-corrected chi connectivity index (χ1v) is 6.99. The average molecular weight is 336 g/mol. The highest BCUT2D eigenvalue weighted by molar-refractivity contribution is 9.10. The first-order chi connectivity index (χ1) is 9.10. The molecule has 1 atom stereocenters. The first kappa shape index (κ1) is 13.9. The Morgan fingerprint density at radius 3 is 2.47 bits per heavy atom. The number of anilines is 1. The van der Waals surface area contributed by atoms with Gasteiger partial charge in [0, 0.05) is 16.2 Å². The van der Waals surface area contributed by atoms with Crippen molar-refractivity contribution in [1.82, 2.24) is 0 Å². The van der Waals surface area contributed by atoms with E-state index in [4.69, 9.17) is 16.9 Å². The maximum Gasteiger partial charge on any atom is 0.0991 e. The lowest BCUT2D eigenvalue weighted by molar-refractivity contribution is 0.884. The summed E-state index contributed by atoms with van der Waals surface area (Å²) in [4.78, 5) is 0. The SMILES string of the molecule is CC(Nc1ccc(Cl)c(Br)c1)c1ccc(C#N)cc1. The minimum Gasteiger partial charge on any atom is -0.378 e. The Hall–Kier alpha value is -1.50. The van der Waals surface area contributed by atoms with Gasteiger partial charge in [0.1, 0.15) is 0 Å². The smallest absolute Gasteiger partial charge is 0.0991 e. The fourth-order valence-electron chi connectivity index (χ4n) is 1.77. The summed E-state index contributed by atoms with van der Waals surface area (Å²) in [6.45, 7) is 2.07. The van der Waals surface area contributed by atoms with Gasteiger partial charge >= 0.3 is 0 Å². The molecule has 2 rings (SSSR count). The van der Waals surface area contributed by atoms with Crippen molar-refractivity contribution in [2.75, 3.05) is 5.32 Å². The van der Waals surface area contributed by atoms with E-state index < -0.39 is 0 Å². The number of hydrogen-bond donors (Lipinski definition) is 1. The van der Waals surface area contributed by atoms with Gasteiger partial charge in [0.2, 0.25) is 0 Å². The molecule has 96 valence electrons. The molecule has 0 saturated carbocycles. The van der Waals surface area contributed by atoms with Crippen LogP contribution in [0.15, 0.2) is 46.9 Å². The molecule has 1 N–H and O–H groups in total. The molecule has 0 amide bonds. The van der Waals surface area contributed by atoms with E-state index in [1.165, 1.54) is 0 Å². The largest absolute Gasteiger partial charge is 0.378 e. The zero-order valence-corrected chi connectivity index (χ0v) is 12.7. The molecule has 0 heterocycles. The third-order valence-corrected chi connectivity index (χ3v) is 4.06. The summed E-state index contributed by atoms with van der Waals surface area (Å²) < 4.78 is 0.867. The standard InChI is InChI=1S/C15H12BrClN2/c1-10(12-4-2-11(9-18)3-5-12)19-13-6-7-15(17)14(16)8-13/h2-8,10,19H,1H3. The molecular weight excluding hydrogens is 324 g/mol. The molecule has 0 aromatic heterocycles. The van der Waals surface area contributed by atoms with Crippen molar-refractivity contribution in [3.63, 3.8) is 0 Å². The molecule has 4 heteroatoms. The summed E-state index contributed by atoms with van der Waals surface area (Å²) in [6.07, 6.45) is 0. The van der Waals surface area contributed by atoms with E-state index in [1.54, 1.807) is 0 Å². The van der Waals surface area contributed by atoms with E-state index >= 15 is 0 Å². The summed E-state index contributed by atoms with van der Waals surface area (Å²) in [5.74, 6) is 0. The summed E-state index contributed by atoms with van der Waals surface area (Å²) in [5, 5.41) is 12.9. The Morgan fingerprint density at radius 2 is 1.89 bits per heavy atom.